The van der Waals surface area contributed by atoms with Gasteiger partial charge in [-0.3, -0.25) is 9.89 Å². The summed E-state index contributed by atoms with van der Waals surface area (Å²) in [5, 5.41) is 25.3. The Morgan fingerprint density at radius 2 is 1.21 bits per heavy atom. The molecule has 4 atom stereocenters. The number of sulfone groups is 2. The molecule has 0 saturated heterocycles. The van der Waals surface area contributed by atoms with Crippen LogP contribution in [0.25, 0.3) is 11.1 Å². The zero-order valence-electron chi connectivity index (χ0n) is 38.2. The van der Waals surface area contributed by atoms with Gasteiger partial charge >= 0.3 is 12.1 Å². The molecule has 0 saturated carbocycles. The first-order chi connectivity index (χ1) is 33.6. The van der Waals surface area contributed by atoms with Crippen LogP contribution in [0.3, 0.4) is 0 Å². The van der Waals surface area contributed by atoms with Gasteiger partial charge in [0.2, 0.25) is 5.91 Å². The second-order valence-corrected chi connectivity index (χ2v) is 21.5. The number of amides is 5. The highest BCUT2D eigenvalue weighted by atomic mass is 32.2. The van der Waals surface area contributed by atoms with E-state index in [1.165, 1.54) is 24.3 Å². The van der Waals surface area contributed by atoms with Crippen molar-refractivity contribution in [3.8, 4) is 11.1 Å². The van der Waals surface area contributed by atoms with Gasteiger partial charge in [0.1, 0.15) is 0 Å². The number of anilines is 2. The Labute approximate surface area is 405 Å². The molecular weight excluding hydrogens is 927 g/mol. The molecule has 2 aliphatic heterocycles. The van der Waals surface area contributed by atoms with Gasteiger partial charge in [0, 0.05) is 36.1 Å². The zero-order valence-corrected chi connectivity index (χ0v) is 39.8. The number of aromatic amines is 1. The molecule has 4 unspecified atom stereocenters. The number of rotatable bonds is 15. The molecule has 16 nitrogen and oxygen atoms in total. The number of carbonyl (C=O) groups excluding carboxylic acids is 3. The van der Waals surface area contributed by atoms with Crippen LogP contribution in [0.15, 0.2) is 156 Å². The Morgan fingerprint density at radius 1 is 0.657 bits per heavy atom. The Kier molecular flexibility index (Phi) is 13.4. The van der Waals surface area contributed by atoms with E-state index in [9.17, 15) is 31.2 Å². The number of fused-ring (bicyclic) bond motifs is 2. The van der Waals surface area contributed by atoms with Gasteiger partial charge in [0.15, 0.2) is 19.7 Å². The maximum absolute atomic E-state index is 14.0. The lowest BCUT2D eigenvalue weighted by Crippen LogP contribution is -2.31. The van der Waals surface area contributed by atoms with Crippen molar-refractivity contribution in [1.29, 1.82) is 0 Å². The van der Waals surface area contributed by atoms with Crippen LogP contribution >= 0.6 is 0 Å². The molecule has 3 heterocycles. The second kappa shape index (κ2) is 19.8. The number of urea groups is 2. The summed E-state index contributed by atoms with van der Waals surface area (Å²) in [5.41, 5.74) is 14.1. The van der Waals surface area contributed by atoms with Gasteiger partial charge in [0.05, 0.1) is 62.9 Å². The zero-order chi connectivity index (χ0) is 49.2. The molecule has 0 aliphatic carbocycles. The number of nitrogens with one attached hydrogen (secondary N) is 7. The van der Waals surface area contributed by atoms with Crippen molar-refractivity contribution >= 4 is 49.0 Å². The summed E-state index contributed by atoms with van der Waals surface area (Å²) < 4.78 is 55.7. The van der Waals surface area contributed by atoms with E-state index < -0.39 is 37.6 Å². The van der Waals surface area contributed by atoms with E-state index in [4.69, 9.17) is 5.73 Å². The third kappa shape index (κ3) is 10.3. The van der Waals surface area contributed by atoms with Crippen LogP contribution in [-0.2, 0) is 44.3 Å². The summed E-state index contributed by atoms with van der Waals surface area (Å²) in [6, 6.07) is 36.9. The molecule has 18 heteroatoms. The summed E-state index contributed by atoms with van der Waals surface area (Å²) in [5.74, 6) is -1.59. The van der Waals surface area contributed by atoms with Gasteiger partial charge in [-0.1, -0.05) is 97.1 Å². The molecule has 0 fully saturated rings. The van der Waals surface area contributed by atoms with E-state index in [-0.39, 0.29) is 56.7 Å². The highest BCUT2D eigenvalue weighted by Crippen LogP contribution is 2.41. The number of nitrogens with zero attached hydrogens (tertiary/aromatic N) is 1. The first kappa shape index (κ1) is 47.4. The lowest BCUT2D eigenvalue weighted by atomic mass is 9.92. The predicted octanol–water partition coefficient (Wildman–Crippen LogP) is 7.88. The quantitative estimate of drug-likeness (QED) is 0.0494. The van der Waals surface area contributed by atoms with E-state index in [0.29, 0.717) is 41.0 Å². The van der Waals surface area contributed by atoms with E-state index in [0.717, 1.165) is 33.4 Å². The molecule has 0 radical (unpaired) electrons. The molecule has 5 amide bonds. The lowest BCUT2D eigenvalue weighted by molar-refractivity contribution is 0.0997. The molecule has 9 N–H and O–H groups in total. The summed E-state index contributed by atoms with van der Waals surface area (Å²) >= 11 is 0. The summed E-state index contributed by atoms with van der Waals surface area (Å²) in [6.07, 6.45) is 3.20. The van der Waals surface area contributed by atoms with Crippen molar-refractivity contribution in [2.75, 3.05) is 10.6 Å². The van der Waals surface area contributed by atoms with Crippen LogP contribution in [0, 0.1) is 0 Å². The largest absolute Gasteiger partial charge is 0.366 e. The van der Waals surface area contributed by atoms with Gasteiger partial charge in [-0.25, -0.2) is 26.4 Å². The van der Waals surface area contributed by atoms with Crippen molar-refractivity contribution in [1.82, 2.24) is 31.5 Å². The van der Waals surface area contributed by atoms with Gasteiger partial charge < -0.3 is 37.6 Å². The molecule has 0 spiro atoms. The van der Waals surface area contributed by atoms with Crippen LogP contribution in [0.5, 0.6) is 0 Å². The van der Waals surface area contributed by atoms with Crippen molar-refractivity contribution in [3.05, 3.63) is 196 Å². The maximum Gasteiger partial charge on any atom is 0.319 e. The van der Waals surface area contributed by atoms with Gasteiger partial charge in [0.25, 0.3) is 0 Å². The molecule has 0 bridgehead atoms. The van der Waals surface area contributed by atoms with Crippen molar-refractivity contribution in [3.63, 3.8) is 0 Å². The fourth-order valence-electron chi connectivity index (χ4n) is 9.17. The SMILES string of the molecule is CC(NC(=O)Nc1ccc(S(=O)(=O)Cc2ccc3c(c2)CNC3C2NCc3cc(CS(=O)(=O)c4ccc(NC(=O)NC(C)c5ccccc5)c(-c5cn[nH]c5)c4)ccc32)c(C(N)=O)c1)c1ccccc1. The lowest BCUT2D eigenvalue weighted by Gasteiger charge is -2.22. The Bertz CT molecular complexity index is 3340. The molecule has 70 heavy (non-hydrogen) atoms. The highest BCUT2D eigenvalue weighted by molar-refractivity contribution is 7.91. The molecule has 1 aromatic heterocycles. The third-order valence-electron chi connectivity index (χ3n) is 12.7. The molecule has 9 rings (SSSR count). The number of nitrogens with two attached hydrogens (primary N) is 1. The molecule has 7 aromatic rings. The number of carbonyl (C=O) groups is 3. The predicted molar refractivity (Wildman–Crippen MR) is 267 cm³/mol. The van der Waals surface area contributed by atoms with Crippen molar-refractivity contribution < 1.29 is 31.2 Å². The fraction of sp³-hybridized carbons (Fsp3) is 0.192. The normalized spacial score (nSPS) is 16.1. The topological polar surface area (TPSA) is 246 Å². The Balaban J connectivity index is 0.856. The number of hydrogen-bond donors (Lipinski definition) is 8. The molecular formula is C52H51N9O7S2. The number of primary amides is 1. The van der Waals surface area contributed by atoms with Crippen molar-refractivity contribution in [2.24, 2.45) is 5.73 Å². The van der Waals surface area contributed by atoms with Crippen LogP contribution < -0.4 is 37.6 Å². The third-order valence-corrected chi connectivity index (χ3v) is 16.1. The monoisotopic (exact) mass is 977 g/mol. The minimum Gasteiger partial charge on any atom is -0.366 e. The van der Waals surface area contributed by atoms with Crippen LogP contribution in [-0.4, -0.2) is 45.0 Å². The minimum absolute atomic E-state index is 0.0946. The Hall–Kier alpha value is -7.64. The standard InChI is InChI=1S/C52H51N9O7S2/c1-31(35-9-5-3-6-10-35)58-51(63)60-40-15-20-47(45(23-40)50(53)62)70(67,68)30-34-14-18-43-38(22-34)26-55-49(43)48-42-17-13-33(21-37(42)25-54-48)29-69(65,66)41-16-19-46(44(24-41)39-27-56-57-28-39)61-52(64)59-32(2)36-11-7-4-8-12-36/h3-24,27-28,31-32,48-49,54-55H,25-26,29-30H2,1-2H3,(H2,53,62)(H,56,57)(H2,58,60,63)(H2,59,61,64). The van der Waals surface area contributed by atoms with Crippen LogP contribution in [0.2, 0.25) is 0 Å². The molecule has 358 valence electrons. The summed E-state index contributed by atoms with van der Waals surface area (Å²) in [6.45, 7) is 4.71. The number of benzene rings is 6. The Morgan fingerprint density at radius 3 is 1.76 bits per heavy atom. The van der Waals surface area contributed by atoms with Crippen LogP contribution in [0.4, 0.5) is 21.0 Å². The number of aromatic nitrogens is 2. The van der Waals surface area contributed by atoms with E-state index in [2.05, 4.69) is 42.1 Å². The first-order valence-corrected chi connectivity index (χ1v) is 25.9. The minimum atomic E-state index is -4.07. The van der Waals surface area contributed by atoms with Crippen molar-refractivity contribution in [2.45, 2.75) is 72.4 Å². The van der Waals surface area contributed by atoms with Gasteiger partial charge in [-0.2, -0.15) is 5.10 Å². The number of hydrogen-bond acceptors (Lipinski definition) is 10. The molecule has 6 aromatic carbocycles. The van der Waals surface area contributed by atoms with Gasteiger partial charge in [-0.15, -0.1) is 0 Å². The fourth-order valence-corrected chi connectivity index (χ4v) is 12.1. The van der Waals surface area contributed by atoms with E-state index in [1.54, 1.807) is 30.6 Å². The van der Waals surface area contributed by atoms with E-state index in [1.807, 2.05) is 105 Å². The summed E-state index contributed by atoms with van der Waals surface area (Å²) in [7, 11) is -7.92. The second-order valence-electron chi connectivity index (χ2n) is 17.5. The smallest absolute Gasteiger partial charge is 0.319 e. The first-order valence-electron chi connectivity index (χ1n) is 22.6. The average Bonchev–Trinajstić information content (AvgIpc) is 4.12. The highest BCUT2D eigenvalue weighted by Gasteiger charge is 2.35. The van der Waals surface area contributed by atoms with E-state index >= 15 is 0 Å². The van der Waals surface area contributed by atoms with Gasteiger partial charge in [-0.05, 0) is 94.8 Å². The number of H-pyrrole nitrogens is 1. The molecule has 2 aliphatic rings. The average molecular weight is 978 g/mol. The maximum atomic E-state index is 14.0. The summed E-state index contributed by atoms with van der Waals surface area (Å²) in [4.78, 5) is 38.3. The van der Waals surface area contributed by atoms with Crippen LogP contribution in [0.1, 0.15) is 92.9 Å².